The Morgan fingerprint density at radius 2 is 0.913 bits per heavy atom. The van der Waals surface area contributed by atoms with Crippen LogP contribution in [0, 0.1) is 10.8 Å². The first-order valence-electron chi connectivity index (χ1n) is 49.5. The number of hydrogen-bond donors (Lipinski definition) is 15. The highest BCUT2D eigenvalue weighted by atomic mass is 32.2. The number of hydrogen-bond acceptors (Lipinski definition) is 30. The van der Waals surface area contributed by atoms with E-state index in [1.807, 2.05) is 126 Å². The highest BCUT2D eigenvalue weighted by Crippen LogP contribution is 2.34. The number of carbonyl (C=O) groups is 13. The lowest BCUT2D eigenvalue weighted by Crippen LogP contribution is -2.53. The first-order valence-corrected chi connectivity index (χ1v) is 50.9. The van der Waals surface area contributed by atoms with Crippen molar-refractivity contribution in [2.45, 2.75) is 167 Å². The van der Waals surface area contributed by atoms with Crippen molar-refractivity contribution in [1.29, 1.82) is 0 Å². The first kappa shape index (κ1) is 115. The number of nitrogens with zero attached hydrogens (tertiary/aromatic N) is 12. The van der Waals surface area contributed by atoms with Gasteiger partial charge in [0.1, 0.15) is 28.4 Å². The van der Waals surface area contributed by atoms with Crippen LogP contribution in [-0.4, -0.2) is 284 Å². The maximum atomic E-state index is 15.1. The van der Waals surface area contributed by atoms with Gasteiger partial charge in [0, 0.05) is 131 Å². The quantitative estimate of drug-likeness (QED) is 0.00732. The number of ether oxygens (including phenoxy) is 2. The third-order valence-corrected chi connectivity index (χ3v) is 25.1. The fourth-order valence-electron chi connectivity index (χ4n) is 16.0. The molecule has 15 N–H and O–H groups in total. The van der Waals surface area contributed by atoms with E-state index in [-0.39, 0.29) is 91.5 Å². The van der Waals surface area contributed by atoms with Crippen molar-refractivity contribution in [1.82, 2.24) is 93.3 Å². The molecule has 45 heteroatoms. The summed E-state index contributed by atoms with van der Waals surface area (Å²) in [6.45, 7) is 4.38. The average molecular weight is 2070 g/mol. The lowest BCUT2D eigenvalue weighted by molar-refractivity contribution is -0.146. The maximum Gasteiger partial charge on any atom is 0.305 e. The van der Waals surface area contributed by atoms with Crippen LogP contribution in [0.4, 0.5) is 5.82 Å². The van der Waals surface area contributed by atoms with Crippen LogP contribution < -0.4 is 63.5 Å². The summed E-state index contributed by atoms with van der Waals surface area (Å²) >= 11 is 0. The molecule has 9 amide bonds. The fraction of sp³-hybridized carbons (Fsp3) is 0.413. The largest absolute Gasteiger partial charge is 0.481 e. The number of rotatable bonds is 66. The molecule has 0 aliphatic carbocycles. The lowest BCUT2D eigenvalue weighted by Gasteiger charge is -2.30. The van der Waals surface area contributed by atoms with Crippen LogP contribution in [0.25, 0.3) is 44.8 Å². The molecule has 44 nitrogen and oxygen atoms in total. The Bertz CT molecular complexity index is 5940. The number of carboxylic acids is 4. The molecule has 0 radical (unpaired) electrons. The van der Waals surface area contributed by atoms with E-state index in [9.17, 15) is 90.9 Å². The Labute approximate surface area is 864 Å². The predicted octanol–water partition coefficient (Wildman–Crippen LogP) is 8.74. The molecule has 796 valence electrons. The molecule has 5 heterocycles. The summed E-state index contributed by atoms with van der Waals surface area (Å²) in [5.74, 6) is -10.6. The molecule has 5 aromatic carbocycles. The number of nitrogens with one attached hydrogen (secondary N) is 10. The number of carbonyl (C=O) groups excluding carboxylic acids is 9. The second kappa shape index (κ2) is 59.0. The van der Waals surface area contributed by atoms with Gasteiger partial charge in [0.2, 0.25) is 59.0 Å². The highest BCUT2D eigenvalue weighted by molar-refractivity contribution is 7.86. The normalized spacial score (nSPS) is 12.6. The molecule has 8 aromatic rings. The lowest BCUT2D eigenvalue weighted by atomic mass is 9.85. The standard InChI is InChI=1S/C104H132N22O22S/c1-103(2,49-21-25-61-147-90-65-79(73-29-9-5-10-30-73)63-82(111-90)75-33-13-7-14-34-75)101-115-119-126(117-101)56-24-20-40-87(128)106-52-28-53-107-88(129)69-121(57-45-95(134)135)93(132)71-123(59-47-97(138)139)92(131)44-42-81(113-99(142)78-41-43-85(109-67-78)114-110-68-77-37-17-18-38-84(77)149(144,145)146)100(143)124(60-48-98(140)141)72-94(133)122(58-46-96(136)137)70-89(130)108-54-27-51-105-86(127)39-19-23-55-125-102(116-118-120-125)104(3,4)50-22-26-62-148-91-66-80(74-31-11-6-12-32-74)64-83(112-91)76-35-15-8-16-36-76/h5-18,29-38,41,43,63-68,81,118-120H,19-28,39-40,42,44-62,69-72H2,1-4H3,(H,105,127)(H,106,128)(H,107,129)(H,108,130)(H,109,114)(H,113,142)(H,115,117)(H,134,135)(H,136,137)(H,138,139)(H,140,141)(H,144,145,146)/b110-68+/t81-/m0/s1. The van der Waals surface area contributed by atoms with Gasteiger partial charge in [-0.15, -0.1) is 20.9 Å². The van der Waals surface area contributed by atoms with Crippen molar-refractivity contribution >= 4 is 111 Å². The number of hydrazone groups is 3. The molecule has 1 atom stereocenters. The molecule has 0 saturated heterocycles. The van der Waals surface area contributed by atoms with Crippen LogP contribution in [0.15, 0.2) is 208 Å². The summed E-state index contributed by atoms with van der Waals surface area (Å²) in [6, 6.07) is 53.9. The minimum atomic E-state index is -4.67. The Morgan fingerprint density at radius 1 is 0.463 bits per heavy atom. The minimum absolute atomic E-state index is 0.0159. The number of benzene rings is 5. The Morgan fingerprint density at radius 3 is 1.40 bits per heavy atom. The van der Waals surface area contributed by atoms with Crippen LogP contribution in [0.2, 0.25) is 0 Å². The van der Waals surface area contributed by atoms with Crippen LogP contribution in [0.3, 0.4) is 0 Å². The van der Waals surface area contributed by atoms with Crippen molar-refractivity contribution in [2.24, 2.45) is 26.1 Å². The molecule has 0 bridgehead atoms. The van der Waals surface area contributed by atoms with Gasteiger partial charge in [-0.3, -0.25) is 82.7 Å². The highest BCUT2D eigenvalue weighted by Gasteiger charge is 2.36. The van der Waals surface area contributed by atoms with Gasteiger partial charge in [-0.1, -0.05) is 167 Å². The molecule has 149 heavy (non-hydrogen) atoms. The van der Waals surface area contributed by atoms with Gasteiger partial charge in [0.15, 0.2) is 0 Å². The molecule has 0 unspecified atom stereocenters. The van der Waals surface area contributed by atoms with Gasteiger partial charge in [-0.05, 0) is 136 Å². The van der Waals surface area contributed by atoms with Crippen molar-refractivity contribution in [3.63, 3.8) is 0 Å². The summed E-state index contributed by atoms with van der Waals surface area (Å²) in [5.41, 5.74) is 21.6. The molecular formula is C104H132N22O22S. The number of carboxylic acid groups (broad SMARTS) is 4. The summed E-state index contributed by atoms with van der Waals surface area (Å²) in [6.07, 6.45) is 5.33. The van der Waals surface area contributed by atoms with E-state index >= 15 is 4.79 Å². The second-order valence-corrected chi connectivity index (χ2v) is 38.2. The Hall–Kier alpha value is -15.9. The zero-order valence-electron chi connectivity index (χ0n) is 84.0. The summed E-state index contributed by atoms with van der Waals surface area (Å²) in [7, 11) is -4.67. The molecule has 0 fully saturated rings. The zero-order chi connectivity index (χ0) is 107. The van der Waals surface area contributed by atoms with Crippen LogP contribution in [0.1, 0.15) is 172 Å². The number of amidine groups is 2. The van der Waals surface area contributed by atoms with Gasteiger partial charge in [-0.25, -0.2) is 26.0 Å². The monoisotopic (exact) mass is 2070 g/mol. The summed E-state index contributed by atoms with van der Waals surface area (Å²) < 4.78 is 46.2. The summed E-state index contributed by atoms with van der Waals surface area (Å²) in [4.78, 5) is 191. The minimum Gasteiger partial charge on any atom is -0.481 e. The molecule has 2 aliphatic rings. The first-order chi connectivity index (χ1) is 71.5. The van der Waals surface area contributed by atoms with Gasteiger partial charge >= 0.3 is 23.9 Å². The number of amides is 9. The SMILES string of the molecule is CC(C)(CCCCOc1cc(-c2ccccc2)cc(-c2ccccc2)n1)C1=NNN(CCCCC(=O)NCCCNC(=O)CN(CCC(=O)O)C(=O)CN(CCC(=O)O)C(=O)CC[C@H](NC(=O)c2ccc(N/N=C/c3ccccc3S(=O)(=O)O)nc2)C(=O)N(CCC(=O)O)CC(=O)N(CCC(=O)O)CC(=O)NCCCNC(=O)CCCCN2NNN=C2C(C)(C)CCCCOc2cc(-c3ccccc3)cc(-c3ccccc3)n2)N1. The number of unbranched alkanes of at least 4 members (excludes halogenated alkanes) is 4. The van der Waals surface area contributed by atoms with E-state index in [1.54, 1.807) is 5.12 Å². The van der Waals surface area contributed by atoms with Crippen molar-refractivity contribution in [2.75, 3.05) is 110 Å². The van der Waals surface area contributed by atoms with Crippen molar-refractivity contribution < 1.29 is 105 Å². The molecule has 10 rings (SSSR count). The topological polar surface area (TPSA) is 591 Å². The summed E-state index contributed by atoms with van der Waals surface area (Å²) in [5, 5.41) is 69.4. The van der Waals surface area contributed by atoms with Gasteiger partial charge in [0.25, 0.3) is 16.0 Å². The van der Waals surface area contributed by atoms with Crippen molar-refractivity contribution in [3.8, 4) is 56.5 Å². The van der Waals surface area contributed by atoms with E-state index in [0.29, 0.717) is 68.6 Å². The molecule has 0 saturated carbocycles. The van der Waals surface area contributed by atoms with Crippen LogP contribution in [0.5, 0.6) is 11.8 Å². The third kappa shape index (κ3) is 39.8. The van der Waals surface area contributed by atoms with Gasteiger partial charge < -0.3 is 76.1 Å². The maximum absolute atomic E-state index is 15.1. The van der Waals surface area contributed by atoms with Crippen LogP contribution >= 0.6 is 0 Å². The molecule has 2 aliphatic heterocycles. The number of aliphatic carboxylic acids is 4. The smallest absolute Gasteiger partial charge is 0.305 e. The van der Waals surface area contributed by atoms with E-state index in [2.05, 4.69) is 126 Å². The Balaban J connectivity index is 0.679. The van der Waals surface area contributed by atoms with E-state index in [1.165, 1.54) is 30.3 Å². The van der Waals surface area contributed by atoms with E-state index in [4.69, 9.17) is 19.4 Å². The van der Waals surface area contributed by atoms with Crippen LogP contribution in [-0.2, 0) is 67.7 Å². The number of aromatic nitrogens is 3. The number of pyridine rings is 3. The van der Waals surface area contributed by atoms with E-state index < -0.39 is 177 Å². The van der Waals surface area contributed by atoms with Crippen molar-refractivity contribution in [3.05, 3.63) is 199 Å². The average Bonchev–Trinajstić information content (AvgIpc) is 1.81. The zero-order valence-corrected chi connectivity index (χ0v) is 84.8. The van der Waals surface area contributed by atoms with Gasteiger partial charge in [0.05, 0.1) is 88.2 Å². The van der Waals surface area contributed by atoms with E-state index in [0.717, 1.165) is 128 Å². The number of anilines is 1. The third-order valence-electron chi connectivity index (χ3n) is 24.2. The molecule has 3 aromatic heterocycles. The Kier molecular flexibility index (Phi) is 45.6. The number of hydrazine groups is 4. The molecule has 0 spiro atoms. The fourth-order valence-corrected chi connectivity index (χ4v) is 16.6. The predicted molar refractivity (Wildman–Crippen MR) is 554 cm³/mol. The second-order valence-electron chi connectivity index (χ2n) is 36.8. The van der Waals surface area contributed by atoms with Gasteiger partial charge in [-0.2, -0.15) is 13.5 Å². The molecular weight excluding hydrogens is 1940 g/mol.